The van der Waals surface area contributed by atoms with Gasteiger partial charge in [-0.25, -0.2) is 0 Å². The van der Waals surface area contributed by atoms with Crippen LogP contribution in [0.1, 0.15) is 107 Å². The molecule has 0 heterocycles. The summed E-state index contributed by atoms with van der Waals surface area (Å²) in [6.45, 7) is 18.3. The highest BCUT2D eigenvalue weighted by atomic mass is 16.5. The second kappa shape index (κ2) is 16.6. The van der Waals surface area contributed by atoms with Crippen LogP contribution in [-0.4, -0.2) is 26.2 Å². The summed E-state index contributed by atoms with van der Waals surface area (Å²) in [5, 5.41) is 0. The Morgan fingerprint density at radius 1 is 0.725 bits per heavy atom. The SMILES string of the molecule is COc1ccc(C(C)(C)c2ccc(OC(C)=O)c(C)c2)cc1C.COc1ccc(C2(C)CCC(C(C)C)C(c3ccc(OC(C)=O)cc3)C2)cc1. The molecule has 0 bridgehead atoms. The standard InChI is InChI=1S/C25H32O3.C20H24O3/c1-17(2)23-14-15-25(4,20-8-12-21(27-5)13-9-20)16-24(23)19-6-10-22(11-7-19)28-18(3)26;1-13-11-16(7-9-18(13)22-6)20(4,5)17-8-10-19(14(2)12-17)23-15(3)21/h6-13,17,23-24H,14-16H2,1-5H3;7-12H,1-6H3. The smallest absolute Gasteiger partial charge is 0.308 e. The highest BCUT2D eigenvalue weighted by molar-refractivity contribution is 5.70. The van der Waals surface area contributed by atoms with E-state index in [9.17, 15) is 9.59 Å². The van der Waals surface area contributed by atoms with E-state index in [0.717, 1.165) is 29.0 Å². The first-order chi connectivity index (χ1) is 24.1. The monoisotopic (exact) mass is 692 g/mol. The van der Waals surface area contributed by atoms with E-state index >= 15 is 0 Å². The lowest BCUT2D eigenvalue weighted by Gasteiger charge is -2.45. The van der Waals surface area contributed by atoms with E-state index in [0.29, 0.717) is 29.3 Å². The van der Waals surface area contributed by atoms with E-state index < -0.39 is 0 Å². The molecule has 51 heavy (non-hydrogen) atoms. The van der Waals surface area contributed by atoms with Gasteiger partial charge in [-0.05, 0) is 126 Å². The normalized spacial score (nSPS) is 18.7. The van der Waals surface area contributed by atoms with E-state index in [1.54, 1.807) is 14.2 Å². The van der Waals surface area contributed by atoms with Crippen LogP contribution in [0.3, 0.4) is 0 Å². The zero-order chi connectivity index (χ0) is 37.5. The Labute approximate surface area is 305 Å². The molecular weight excluding hydrogens is 636 g/mol. The van der Waals surface area contributed by atoms with Gasteiger partial charge in [0.25, 0.3) is 0 Å². The first kappa shape index (κ1) is 39.2. The number of aryl methyl sites for hydroxylation is 2. The van der Waals surface area contributed by atoms with Gasteiger partial charge in [-0.2, -0.15) is 0 Å². The third-order valence-corrected chi connectivity index (χ3v) is 10.7. The van der Waals surface area contributed by atoms with Gasteiger partial charge in [0, 0.05) is 19.3 Å². The number of benzene rings is 4. The summed E-state index contributed by atoms with van der Waals surface area (Å²) in [4.78, 5) is 22.3. The minimum Gasteiger partial charge on any atom is -0.497 e. The van der Waals surface area contributed by atoms with Crippen molar-refractivity contribution in [3.63, 3.8) is 0 Å². The third-order valence-electron chi connectivity index (χ3n) is 10.7. The lowest BCUT2D eigenvalue weighted by atomic mass is 9.59. The number of carbonyl (C=O) groups excluding carboxylic acids is 2. The fourth-order valence-corrected chi connectivity index (χ4v) is 7.53. The van der Waals surface area contributed by atoms with E-state index in [1.807, 2.05) is 44.2 Å². The molecule has 272 valence electrons. The first-order valence-electron chi connectivity index (χ1n) is 18.0. The minimum absolute atomic E-state index is 0.150. The Balaban J connectivity index is 0.000000233. The van der Waals surface area contributed by atoms with Crippen LogP contribution in [0.25, 0.3) is 0 Å². The fourth-order valence-electron chi connectivity index (χ4n) is 7.53. The molecule has 3 unspecified atom stereocenters. The van der Waals surface area contributed by atoms with Gasteiger partial charge >= 0.3 is 11.9 Å². The molecule has 4 aromatic carbocycles. The van der Waals surface area contributed by atoms with Crippen LogP contribution < -0.4 is 18.9 Å². The van der Waals surface area contributed by atoms with Gasteiger partial charge in [0.05, 0.1) is 14.2 Å². The topological polar surface area (TPSA) is 71.1 Å². The molecule has 0 aliphatic heterocycles. The Hall–Kier alpha value is -4.58. The lowest BCUT2D eigenvalue weighted by Crippen LogP contribution is -2.35. The van der Waals surface area contributed by atoms with Crippen molar-refractivity contribution in [2.24, 2.45) is 11.8 Å². The van der Waals surface area contributed by atoms with Crippen LogP contribution in [0.5, 0.6) is 23.0 Å². The Bertz CT molecular complexity index is 1790. The Morgan fingerprint density at radius 2 is 1.25 bits per heavy atom. The summed E-state index contributed by atoms with van der Waals surface area (Å²) >= 11 is 0. The quantitative estimate of drug-likeness (QED) is 0.128. The molecule has 0 amide bonds. The maximum Gasteiger partial charge on any atom is 0.308 e. The second-order valence-corrected chi connectivity index (χ2v) is 15.1. The van der Waals surface area contributed by atoms with Crippen molar-refractivity contribution >= 4 is 11.9 Å². The average molecular weight is 693 g/mol. The van der Waals surface area contributed by atoms with Crippen molar-refractivity contribution in [3.05, 3.63) is 118 Å². The number of esters is 2. The van der Waals surface area contributed by atoms with Crippen molar-refractivity contribution in [1.82, 2.24) is 0 Å². The summed E-state index contributed by atoms with van der Waals surface area (Å²) < 4.78 is 21.1. The molecule has 0 radical (unpaired) electrons. The number of rotatable bonds is 9. The third kappa shape index (κ3) is 9.61. The predicted molar refractivity (Wildman–Crippen MR) is 205 cm³/mol. The summed E-state index contributed by atoms with van der Waals surface area (Å²) in [5.74, 6) is 4.24. The van der Waals surface area contributed by atoms with Crippen molar-refractivity contribution in [2.45, 2.75) is 98.3 Å². The first-order valence-corrected chi connectivity index (χ1v) is 18.0. The number of hydrogen-bond donors (Lipinski definition) is 0. The molecule has 6 heteroatoms. The van der Waals surface area contributed by atoms with Crippen LogP contribution in [0.15, 0.2) is 84.9 Å². The fraction of sp³-hybridized carbons (Fsp3) is 0.422. The number of methoxy groups -OCH3 is 2. The van der Waals surface area contributed by atoms with Gasteiger partial charge in [-0.15, -0.1) is 0 Å². The average Bonchev–Trinajstić information content (AvgIpc) is 3.09. The van der Waals surface area contributed by atoms with Crippen molar-refractivity contribution in [1.29, 1.82) is 0 Å². The summed E-state index contributed by atoms with van der Waals surface area (Å²) in [5.41, 5.74) is 7.19. The molecule has 1 aliphatic rings. The highest BCUT2D eigenvalue weighted by Crippen LogP contribution is 2.51. The number of ether oxygens (including phenoxy) is 4. The molecule has 0 saturated heterocycles. The Kier molecular flexibility index (Phi) is 12.8. The molecule has 0 aromatic heterocycles. The number of hydrogen-bond acceptors (Lipinski definition) is 6. The van der Waals surface area contributed by atoms with Crippen molar-refractivity contribution in [2.75, 3.05) is 14.2 Å². The zero-order valence-electron chi connectivity index (χ0n) is 32.4. The minimum atomic E-state index is -0.300. The van der Waals surface area contributed by atoms with Crippen LogP contribution in [-0.2, 0) is 20.4 Å². The van der Waals surface area contributed by atoms with E-state index in [1.165, 1.54) is 48.9 Å². The summed E-state index contributed by atoms with van der Waals surface area (Å²) in [6, 6.07) is 28.9. The lowest BCUT2D eigenvalue weighted by molar-refractivity contribution is -0.132. The van der Waals surface area contributed by atoms with E-state index in [-0.39, 0.29) is 22.8 Å². The molecule has 1 aliphatic carbocycles. The van der Waals surface area contributed by atoms with Crippen LogP contribution in [0.4, 0.5) is 0 Å². The van der Waals surface area contributed by atoms with Crippen LogP contribution in [0, 0.1) is 25.7 Å². The van der Waals surface area contributed by atoms with Crippen molar-refractivity contribution in [3.8, 4) is 23.0 Å². The molecule has 4 aromatic rings. The summed E-state index contributed by atoms with van der Waals surface area (Å²) in [7, 11) is 3.39. The Morgan fingerprint density at radius 3 is 1.73 bits per heavy atom. The molecule has 3 atom stereocenters. The molecule has 5 rings (SSSR count). The van der Waals surface area contributed by atoms with Crippen LogP contribution in [0.2, 0.25) is 0 Å². The number of carbonyl (C=O) groups is 2. The van der Waals surface area contributed by atoms with Gasteiger partial charge in [-0.1, -0.05) is 83.1 Å². The van der Waals surface area contributed by atoms with E-state index in [4.69, 9.17) is 18.9 Å². The molecule has 1 fully saturated rings. The van der Waals surface area contributed by atoms with Gasteiger partial charge in [0.2, 0.25) is 0 Å². The maximum atomic E-state index is 11.2. The summed E-state index contributed by atoms with van der Waals surface area (Å²) in [6.07, 6.45) is 3.54. The van der Waals surface area contributed by atoms with Gasteiger partial charge < -0.3 is 18.9 Å². The van der Waals surface area contributed by atoms with Gasteiger partial charge in [0.1, 0.15) is 23.0 Å². The largest absolute Gasteiger partial charge is 0.497 e. The van der Waals surface area contributed by atoms with Crippen LogP contribution >= 0.6 is 0 Å². The second-order valence-electron chi connectivity index (χ2n) is 15.1. The van der Waals surface area contributed by atoms with Crippen molar-refractivity contribution < 1.29 is 28.5 Å². The predicted octanol–water partition coefficient (Wildman–Crippen LogP) is 10.7. The molecule has 0 spiro atoms. The molecular formula is C45H56O6. The molecule has 6 nitrogen and oxygen atoms in total. The van der Waals surface area contributed by atoms with E-state index in [2.05, 4.69) is 89.2 Å². The molecule has 1 saturated carbocycles. The maximum absolute atomic E-state index is 11.2. The highest BCUT2D eigenvalue weighted by Gasteiger charge is 2.40. The van der Waals surface area contributed by atoms with Gasteiger partial charge in [0.15, 0.2) is 0 Å². The molecule has 0 N–H and O–H groups in total. The van der Waals surface area contributed by atoms with Gasteiger partial charge in [-0.3, -0.25) is 9.59 Å². The zero-order valence-corrected chi connectivity index (χ0v) is 32.4.